The number of methoxy groups -OCH3 is 2. The van der Waals surface area contributed by atoms with E-state index in [1.165, 1.54) is 44.5 Å². The first-order chi connectivity index (χ1) is 14.6. The molecule has 156 valence electrons. The minimum absolute atomic E-state index is 0.00679. The fourth-order valence-corrected chi connectivity index (χ4v) is 4.16. The molecule has 9 nitrogen and oxygen atoms in total. The molecular weight excluding hydrogens is 410 g/mol. The number of amidine groups is 1. The quantitative estimate of drug-likeness (QED) is 0.437. The van der Waals surface area contributed by atoms with Gasteiger partial charge in [0.2, 0.25) is 11.7 Å². The highest BCUT2D eigenvalue weighted by atomic mass is 32.2. The lowest BCUT2D eigenvalue weighted by molar-refractivity contribution is -0.124. The molecule has 0 saturated carbocycles. The average Bonchev–Trinajstić information content (AvgIpc) is 3.34. The van der Waals surface area contributed by atoms with Gasteiger partial charge in [0.1, 0.15) is 11.1 Å². The molecule has 0 unspecified atom stereocenters. The largest absolute Gasteiger partial charge is 0.495 e. The van der Waals surface area contributed by atoms with Crippen LogP contribution >= 0.6 is 11.8 Å². The third-order valence-corrected chi connectivity index (χ3v) is 5.51. The molecule has 1 aliphatic heterocycles. The number of nitrogens with zero attached hydrogens (tertiary/aromatic N) is 3. The van der Waals surface area contributed by atoms with Crippen molar-refractivity contribution in [2.24, 2.45) is 10.2 Å². The Balaban J connectivity index is 1.79. The van der Waals surface area contributed by atoms with Crippen LogP contribution in [0, 0.1) is 0 Å². The standard InChI is InChI=1S/C20H19N3O6S/c1-4-6-23-14(25)10-30-20(23)22-21-9-11-8-13(24)15-16(26-2)12-5-7-28-17(12)19(27-3)18(15)29-11/h5,7-9H,4,6,10H2,1-3H3/b21-9+,22-20+. The number of furan rings is 1. The van der Waals surface area contributed by atoms with Crippen LogP contribution in [0.4, 0.5) is 0 Å². The Morgan fingerprint density at radius 1 is 1.23 bits per heavy atom. The van der Waals surface area contributed by atoms with Crippen LogP contribution in [0.1, 0.15) is 19.1 Å². The summed E-state index contributed by atoms with van der Waals surface area (Å²) in [4.78, 5) is 26.3. The number of hydrogen-bond donors (Lipinski definition) is 0. The summed E-state index contributed by atoms with van der Waals surface area (Å²) in [6, 6.07) is 3.00. The highest BCUT2D eigenvalue weighted by Gasteiger charge is 2.27. The van der Waals surface area contributed by atoms with Crippen LogP contribution in [0.15, 0.2) is 42.2 Å². The predicted octanol–water partition coefficient (Wildman–Crippen LogP) is 3.23. The third-order valence-electron chi connectivity index (χ3n) is 4.56. The molecule has 1 aliphatic rings. The van der Waals surface area contributed by atoms with Crippen molar-refractivity contribution in [2.75, 3.05) is 26.5 Å². The molecule has 0 atom stereocenters. The number of amides is 1. The summed E-state index contributed by atoms with van der Waals surface area (Å²) in [5.41, 5.74) is 0.286. The summed E-state index contributed by atoms with van der Waals surface area (Å²) in [6.45, 7) is 2.57. The van der Waals surface area contributed by atoms with Gasteiger partial charge < -0.3 is 18.3 Å². The molecule has 1 aromatic carbocycles. The number of rotatable bonds is 6. The number of ether oxygens (including phenoxy) is 2. The Morgan fingerprint density at radius 3 is 2.77 bits per heavy atom. The minimum Gasteiger partial charge on any atom is -0.495 e. The van der Waals surface area contributed by atoms with Crippen molar-refractivity contribution in [3.05, 3.63) is 34.4 Å². The lowest BCUT2D eigenvalue weighted by Gasteiger charge is -2.12. The average molecular weight is 429 g/mol. The van der Waals surface area contributed by atoms with E-state index in [1.807, 2.05) is 6.92 Å². The van der Waals surface area contributed by atoms with E-state index >= 15 is 0 Å². The van der Waals surface area contributed by atoms with Crippen molar-refractivity contribution in [3.63, 3.8) is 0 Å². The van der Waals surface area contributed by atoms with Crippen molar-refractivity contribution in [3.8, 4) is 11.5 Å². The van der Waals surface area contributed by atoms with Gasteiger partial charge in [0.05, 0.1) is 37.8 Å². The fraction of sp³-hybridized carbons (Fsp3) is 0.300. The molecule has 3 aromatic rings. The van der Waals surface area contributed by atoms with Crippen LogP contribution in [-0.4, -0.2) is 48.7 Å². The van der Waals surface area contributed by atoms with Crippen LogP contribution in [0.25, 0.3) is 21.9 Å². The smallest absolute Gasteiger partial charge is 0.239 e. The van der Waals surface area contributed by atoms with Crippen LogP contribution < -0.4 is 14.9 Å². The summed E-state index contributed by atoms with van der Waals surface area (Å²) in [7, 11) is 2.94. The first-order valence-corrected chi connectivity index (χ1v) is 10.2. The van der Waals surface area contributed by atoms with Crippen molar-refractivity contribution in [2.45, 2.75) is 13.3 Å². The molecule has 0 radical (unpaired) electrons. The Morgan fingerprint density at radius 2 is 2.03 bits per heavy atom. The number of hydrogen-bond acceptors (Lipinski definition) is 9. The fourth-order valence-electron chi connectivity index (χ4n) is 3.30. The molecule has 10 heteroatoms. The number of thioether (sulfide) groups is 1. The third kappa shape index (κ3) is 3.32. The number of carbonyl (C=O) groups is 1. The van der Waals surface area contributed by atoms with Gasteiger partial charge in [0, 0.05) is 12.6 Å². The lowest BCUT2D eigenvalue weighted by Crippen LogP contribution is -2.30. The second kappa shape index (κ2) is 8.23. The first kappa shape index (κ1) is 20.0. The van der Waals surface area contributed by atoms with Crippen LogP contribution in [0.3, 0.4) is 0 Å². The summed E-state index contributed by atoms with van der Waals surface area (Å²) in [5.74, 6) is 1.17. The van der Waals surface area contributed by atoms with Crippen LogP contribution in [-0.2, 0) is 4.79 Å². The van der Waals surface area contributed by atoms with Gasteiger partial charge >= 0.3 is 0 Å². The minimum atomic E-state index is -0.318. The SMILES string of the molecule is CCCN1C(=O)CS/C1=N/N=C/c1cc(=O)c2c(OC)c3ccoc3c(OC)c2o1. The van der Waals surface area contributed by atoms with Gasteiger partial charge in [-0.2, -0.15) is 5.10 Å². The van der Waals surface area contributed by atoms with Gasteiger partial charge in [-0.05, 0) is 12.5 Å². The molecule has 30 heavy (non-hydrogen) atoms. The molecule has 3 heterocycles. The highest BCUT2D eigenvalue weighted by Crippen LogP contribution is 2.41. The van der Waals surface area contributed by atoms with Crippen molar-refractivity contribution in [1.29, 1.82) is 0 Å². The monoisotopic (exact) mass is 429 g/mol. The molecule has 1 amide bonds. The number of benzene rings is 1. The summed E-state index contributed by atoms with van der Waals surface area (Å²) < 4.78 is 22.3. The molecule has 0 spiro atoms. The van der Waals surface area contributed by atoms with Crippen molar-refractivity contribution >= 4 is 51.0 Å². The molecule has 0 N–H and O–H groups in total. The zero-order chi connectivity index (χ0) is 21.3. The molecule has 0 aliphatic carbocycles. The van der Waals surface area contributed by atoms with Gasteiger partial charge in [0.15, 0.2) is 27.5 Å². The summed E-state index contributed by atoms with van der Waals surface area (Å²) in [6.07, 6.45) is 3.62. The Hall–Kier alpha value is -3.27. The van der Waals surface area contributed by atoms with E-state index < -0.39 is 0 Å². The number of carbonyl (C=O) groups excluding carboxylic acids is 1. The van der Waals surface area contributed by atoms with Crippen LogP contribution in [0.5, 0.6) is 11.5 Å². The topological polar surface area (TPSA) is 107 Å². The maximum atomic E-state index is 12.8. The second-order valence-corrected chi connectivity index (χ2v) is 7.35. The van der Waals surface area contributed by atoms with Crippen molar-refractivity contribution < 1.29 is 23.1 Å². The zero-order valence-corrected chi connectivity index (χ0v) is 17.4. The molecule has 2 aromatic heterocycles. The maximum Gasteiger partial charge on any atom is 0.239 e. The van der Waals surface area contributed by atoms with E-state index in [1.54, 1.807) is 11.0 Å². The molecule has 4 rings (SSSR count). The molecular formula is C20H19N3O6S. The van der Waals surface area contributed by atoms with Gasteiger partial charge in [-0.3, -0.25) is 14.5 Å². The van der Waals surface area contributed by atoms with E-state index in [9.17, 15) is 9.59 Å². The lowest BCUT2D eigenvalue weighted by atomic mass is 10.1. The molecule has 0 bridgehead atoms. The van der Waals surface area contributed by atoms with E-state index in [0.717, 1.165) is 6.42 Å². The normalized spacial score (nSPS) is 15.9. The molecule has 1 fully saturated rings. The summed E-state index contributed by atoms with van der Waals surface area (Å²) >= 11 is 1.32. The number of fused-ring (bicyclic) bond motifs is 2. The summed E-state index contributed by atoms with van der Waals surface area (Å²) in [5, 5.41) is 9.51. The van der Waals surface area contributed by atoms with E-state index in [-0.39, 0.29) is 33.8 Å². The Labute approximate surface area is 175 Å². The van der Waals surface area contributed by atoms with E-state index in [2.05, 4.69) is 10.2 Å². The second-order valence-electron chi connectivity index (χ2n) is 6.41. The zero-order valence-electron chi connectivity index (χ0n) is 16.6. The van der Waals surface area contributed by atoms with Crippen molar-refractivity contribution in [1.82, 2.24) is 4.90 Å². The van der Waals surface area contributed by atoms with Gasteiger partial charge in [-0.1, -0.05) is 18.7 Å². The molecule has 1 saturated heterocycles. The van der Waals surface area contributed by atoms with E-state index in [0.29, 0.717) is 34.2 Å². The van der Waals surface area contributed by atoms with Gasteiger partial charge in [0.25, 0.3) is 0 Å². The van der Waals surface area contributed by atoms with Gasteiger partial charge in [-0.15, -0.1) is 5.10 Å². The first-order valence-electron chi connectivity index (χ1n) is 9.22. The van der Waals surface area contributed by atoms with E-state index in [4.69, 9.17) is 18.3 Å². The Bertz CT molecular complexity index is 1240. The van der Waals surface area contributed by atoms with Crippen LogP contribution in [0.2, 0.25) is 0 Å². The predicted molar refractivity (Wildman–Crippen MR) is 115 cm³/mol. The van der Waals surface area contributed by atoms with Gasteiger partial charge in [-0.25, -0.2) is 0 Å². The Kier molecular flexibility index (Phi) is 5.49. The highest BCUT2D eigenvalue weighted by molar-refractivity contribution is 8.15. The maximum absolute atomic E-state index is 12.8.